The number of para-hydroxylation sites is 3. The first kappa shape index (κ1) is 32.1. The zero-order valence-electron chi connectivity index (χ0n) is 29.2. The highest BCUT2D eigenvalue weighted by molar-refractivity contribution is 6.09. The monoisotopic (exact) mass is 690 g/mol. The van der Waals surface area contributed by atoms with Crippen molar-refractivity contribution in [2.75, 3.05) is 0 Å². The Bertz CT molecular complexity index is 2700. The molecule has 0 saturated heterocycles. The van der Waals surface area contributed by atoms with Crippen molar-refractivity contribution in [3.63, 3.8) is 0 Å². The zero-order chi connectivity index (χ0) is 36.0. The second kappa shape index (κ2) is 11.8. The lowest BCUT2D eigenvalue weighted by Gasteiger charge is -2.20. The maximum absolute atomic E-state index is 16.4. The largest absolute Gasteiger partial charge is 0.310 e. The summed E-state index contributed by atoms with van der Waals surface area (Å²) >= 11 is 0. The number of allylic oxidation sites excluding steroid dienone is 1. The molecule has 0 spiro atoms. The number of benzene rings is 6. The molecule has 52 heavy (non-hydrogen) atoms. The van der Waals surface area contributed by atoms with E-state index >= 15 is 17.6 Å². The van der Waals surface area contributed by atoms with Crippen LogP contribution in [0.4, 0.5) is 17.6 Å². The van der Waals surface area contributed by atoms with Crippen molar-refractivity contribution in [2.45, 2.75) is 40.5 Å². The smallest absolute Gasteiger partial charge is 0.170 e. The van der Waals surface area contributed by atoms with Gasteiger partial charge in [-0.1, -0.05) is 60.7 Å². The van der Waals surface area contributed by atoms with E-state index in [1.54, 1.807) is 27.7 Å². The minimum Gasteiger partial charge on any atom is -0.310 e. The van der Waals surface area contributed by atoms with Crippen LogP contribution in [0, 0.1) is 51.0 Å². The lowest BCUT2D eigenvalue weighted by molar-refractivity contribution is 0.462. The molecule has 2 aromatic heterocycles. The molecule has 6 heteroatoms. The normalized spacial score (nSPS) is 12.8. The van der Waals surface area contributed by atoms with Gasteiger partial charge in [0.1, 0.15) is 0 Å². The van der Waals surface area contributed by atoms with Crippen LogP contribution in [0.1, 0.15) is 39.9 Å². The van der Waals surface area contributed by atoms with Gasteiger partial charge in [-0.3, -0.25) is 0 Å². The molecule has 0 atom stereocenters. The van der Waals surface area contributed by atoms with E-state index in [4.69, 9.17) is 0 Å². The van der Waals surface area contributed by atoms with Crippen LogP contribution in [0.5, 0.6) is 0 Å². The standard InChI is InChI=1S/C46H34F4N2/c1-25-21-29(51-35-17-9-5-13-31(35)32-14-6-10-18-36(32)51)22-26(2)39(25)41-43(47)45(49)42(46(50)44(41)48)40-27(3)23-30(24-28(40)4)52-37-19-11-7-15-33(37)34-16-8-12-20-38(34)52/h5-7,9-15,17-24H,8,16H2,1-4H3. The van der Waals surface area contributed by atoms with E-state index in [1.165, 1.54) is 5.56 Å². The molecular weight excluding hydrogens is 657 g/mol. The zero-order valence-corrected chi connectivity index (χ0v) is 29.2. The fourth-order valence-electron chi connectivity index (χ4n) is 8.66. The summed E-state index contributed by atoms with van der Waals surface area (Å²) in [5.41, 5.74) is 7.77. The van der Waals surface area contributed by atoms with Gasteiger partial charge >= 0.3 is 0 Å². The molecule has 0 saturated carbocycles. The first-order valence-corrected chi connectivity index (χ1v) is 17.5. The number of aromatic nitrogens is 2. The number of halogens is 4. The van der Waals surface area contributed by atoms with Crippen LogP contribution in [0.2, 0.25) is 0 Å². The average Bonchev–Trinajstić information content (AvgIpc) is 3.66. The SMILES string of the molecule is Cc1cc(-n2c3c(c4ccccc42)CCC=C3)cc(C)c1-c1c(F)c(F)c(-c2c(C)cc(-n3c4ccccc4c4ccccc43)cc2C)c(F)c1F. The fourth-order valence-corrected chi connectivity index (χ4v) is 8.66. The first-order valence-electron chi connectivity index (χ1n) is 17.5. The molecule has 0 radical (unpaired) electrons. The molecule has 256 valence electrons. The van der Waals surface area contributed by atoms with Crippen LogP contribution in [-0.2, 0) is 6.42 Å². The van der Waals surface area contributed by atoms with Crippen LogP contribution >= 0.6 is 0 Å². The number of hydrogen-bond acceptors (Lipinski definition) is 0. The third-order valence-corrected chi connectivity index (χ3v) is 10.8. The van der Waals surface area contributed by atoms with Crippen LogP contribution in [0.15, 0.2) is 103 Å². The molecule has 1 aliphatic rings. The molecule has 0 N–H and O–H groups in total. The van der Waals surface area contributed by atoms with Gasteiger partial charge in [-0.05, 0) is 128 Å². The van der Waals surface area contributed by atoms with Gasteiger partial charge in [0, 0.05) is 33.2 Å². The number of aryl methyl sites for hydroxylation is 5. The third kappa shape index (κ3) is 4.56. The van der Waals surface area contributed by atoms with Crippen molar-refractivity contribution in [3.8, 4) is 33.6 Å². The highest BCUT2D eigenvalue weighted by Crippen LogP contribution is 2.43. The second-order valence-corrected chi connectivity index (χ2v) is 13.9. The van der Waals surface area contributed by atoms with Crippen molar-refractivity contribution < 1.29 is 17.6 Å². The quantitative estimate of drug-likeness (QED) is 0.129. The summed E-state index contributed by atoms with van der Waals surface area (Å²) in [6, 6.07) is 31.6. The predicted octanol–water partition coefficient (Wildman–Crippen LogP) is 12.8. The highest BCUT2D eigenvalue weighted by Gasteiger charge is 2.31. The molecule has 2 nitrogen and oxygen atoms in total. The van der Waals surface area contributed by atoms with Crippen LogP contribution < -0.4 is 0 Å². The summed E-state index contributed by atoms with van der Waals surface area (Å²) in [5, 5.41) is 3.31. The van der Waals surface area contributed by atoms with E-state index in [2.05, 4.69) is 45.6 Å². The molecule has 6 aromatic carbocycles. The van der Waals surface area contributed by atoms with E-state index < -0.39 is 34.4 Å². The van der Waals surface area contributed by atoms with Gasteiger partial charge in [0.15, 0.2) is 23.3 Å². The van der Waals surface area contributed by atoms with Crippen molar-refractivity contribution in [3.05, 3.63) is 160 Å². The van der Waals surface area contributed by atoms with Crippen molar-refractivity contribution in [1.29, 1.82) is 0 Å². The lowest BCUT2D eigenvalue weighted by atomic mass is 9.89. The van der Waals surface area contributed by atoms with Gasteiger partial charge in [0.05, 0.1) is 27.7 Å². The maximum Gasteiger partial charge on any atom is 0.170 e. The number of hydrogen-bond donors (Lipinski definition) is 0. The van der Waals surface area contributed by atoms with Crippen molar-refractivity contribution >= 4 is 38.8 Å². The fraction of sp³-hybridized carbons (Fsp3) is 0.130. The molecule has 0 amide bonds. The molecular formula is C46H34F4N2. The van der Waals surface area contributed by atoms with Gasteiger partial charge in [0.25, 0.3) is 0 Å². The molecule has 8 aromatic rings. The Morgan fingerprint density at radius 1 is 0.462 bits per heavy atom. The van der Waals surface area contributed by atoms with E-state index in [-0.39, 0.29) is 11.1 Å². The molecule has 0 aliphatic heterocycles. The second-order valence-electron chi connectivity index (χ2n) is 13.9. The lowest BCUT2D eigenvalue weighted by Crippen LogP contribution is -2.08. The summed E-state index contributed by atoms with van der Waals surface area (Å²) in [7, 11) is 0. The van der Waals surface area contributed by atoms with Crippen molar-refractivity contribution in [1.82, 2.24) is 9.13 Å². The minimum absolute atomic E-state index is 0.130. The Hall–Kier alpha value is -5.88. The van der Waals surface area contributed by atoms with Gasteiger partial charge in [-0.25, -0.2) is 17.6 Å². The summed E-state index contributed by atoms with van der Waals surface area (Å²) in [6.07, 6.45) is 6.12. The minimum atomic E-state index is -1.41. The van der Waals surface area contributed by atoms with Gasteiger partial charge in [-0.2, -0.15) is 0 Å². The predicted molar refractivity (Wildman–Crippen MR) is 205 cm³/mol. The Morgan fingerprint density at radius 3 is 1.31 bits per heavy atom. The van der Waals surface area contributed by atoms with Crippen molar-refractivity contribution in [2.24, 2.45) is 0 Å². The topological polar surface area (TPSA) is 9.86 Å². The number of nitrogens with zero attached hydrogens (tertiary/aromatic N) is 2. The molecule has 2 heterocycles. The van der Waals surface area contributed by atoms with Gasteiger partial charge < -0.3 is 9.13 Å². The van der Waals surface area contributed by atoms with Gasteiger partial charge in [0.2, 0.25) is 0 Å². The summed E-state index contributed by atoms with van der Waals surface area (Å²) < 4.78 is 69.7. The summed E-state index contributed by atoms with van der Waals surface area (Å²) in [4.78, 5) is 0. The average molecular weight is 691 g/mol. The first-order chi connectivity index (χ1) is 25.2. The Kier molecular flexibility index (Phi) is 7.30. The molecule has 0 fully saturated rings. The van der Waals surface area contributed by atoms with E-state index in [1.807, 2.05) is 72.8 Å². The number of rotatable bonds is 4. The molecule has 1 aliphatic carbocycles. The summed E-state index contributed by atoms with van der Waals surface area (Å²) in [5.74, 6) is -5.65. The maximum atomic E-state index is 16.4. The Labute approximate surface area is 298 Å². The summed E-state index contributed by atoms with van der Waals surface area (Å²) in [6.45, 7) is 6.89. The van der Waals surface area contributed by atoms with Crippen LogP contribution in [-0.4, -0.2) is 9.13 Å². The molecule has 0 unspecified atom stereocenters. The molecule has 9 rings (SSSR count). The molecule has 0 bridgehead atoms. The third-order valence-electron chi connectivity index (χ3n) is 10.8. The Morgan fingerprint density at radius 2 is 0.846 bits per heavy atom. The highest BCUT2D eigenvalue weighted by atomic mass is 19.2. The van der Waals surface area contributed by atoms with E-state index in [0.29, 0.717) is 22.3 Å². The van der Waals surface area contributed by atoms with E-state index in [9.17, 15) is 0 Å². The van der Waals surface area contributed by atoms with Crippen LogP contribution in [0.25, 0.3) is 72.4 Å². The van der Waals surface area contributed by atoms with Gasteiger partial charge in [-0.15, -0.1) is 0 Å². The van der Waals surface area contributed by atoms with Crippen LogP contribution in [0.3, 0.4) is 0 Å². The number of fused-ring (bicyclic) bond motifs is 6. The Balaban J connectivity index is 1.18. The van der Waals surface area contributed by atoms with E-state index in [0.717, 1.165) is 62.6 Å².